The SMILES string of the molecule is CCCn1cc(CN[C@@H](C)c2ccccc2Br)cn1. The Labute approximate surface area is 123 Å². The van der Waals surface area contributed by atoms with Gasteiger partial charge in [0.15, 0.2) is 0 Å². The Morgan fingerprint density at radius 1 is 1.37 bits per heavy atom. The average molecular weight is 322 g/mol. The largest absolute Gasteiger partial charge is 0.306 e. The number of nitrogens with zero attached hydrogens (tertiary/aromatic N) is 2. The van der Waals surface area contributed by atoms with Crippen LogP contribution in [0.1, 0.15) is 37.4 Å². The molecule has 0 saturated heterocycles. The third kappa shape index (κ3) is 3.91. The molecule has 0 amide bonds. The van der Waals surface area contributed by atoms with Crippen molar-refractivity contribution in [3.05, 3.63) is 52.3 Å². The number of halogens is 1. The van der Waals surface area contributed by atoms with Crippen molar-refractivity contribution in [2.45, 2.75) is 39.4 Å². The highest BCUT2D eigenvalue weighted by atomic mass is 79.9. The summed E-state index contributed by atoms with van der Waals surface area (Å²) in [4.78, 5) is 0. The number of benzene rings is 1. The van der Waals surface area contributed by atoms with E-state index in [9.17, 15) is 0 Å². The van der Waals surface area contributed by atoms with Crippen molar-refractivity contribution in [1.82, 2.24) is 15.1 Å². The van der Waals surface area contributed by atoms with Crippen LogP contribution in [0.5, 0.6) is 0 Å². The van der Waals surface area contributed by atoms with E-state index in [1.54, 1.807) is 0 Å². The first-order chi connectivity index (χ1) is 9.20. The van der Waals surface area contributed by atoms with Crippen molar-refractivity contribution in [2.24, 2.45) is 0 Å². The second kappa shape index (κ2) is 6.87. The lowest BCUT2D eigenvalue weighted by Gasteiger charge is -2.15. The van der Waals surface area contributed by atoms with Gasteiger partial charge in [-0.15, -0.1) is 0 Å². The fourth-order valence-electron chi connectivity index (χ4n) is 2.06. The lowest BCUT2D eigenvalue weighted by Crippen LogP contribution is -2.18. The summed E-state index contributed by atoms with van der Waals surface area (Å²) < 4.78 is 3.15. The third-order valence-corrected chi connectivity index (χ3v) is 3.85. The van der Waals surface area contributed by atoms with Gasteiger partial charge in [-0.1, -0.05) is 41.1 Å². The molecule has 102 valence electrons. The van der Waals surface area contributed by atoms with Crippen LogP contribution in [0.2, 0.25) is 0 Å². The molecule has 0 radical (unpaired) electrons. The van der Waals surface area contributed by atoms with Gasteiger partial charge in [0.2, 0.25) is 0 Å². The van der Waals surface area contributed by atoms with Gasteiger partial charge in [0.25, 0.3) is 0 Å². The van der Waals surface area contributed by atoms with E-state index in [2.05, 4.69) is 64.6 Å². The molecule has 0 fully saturated rings. The van der Waals surface area contributed by atoms with Gasteiger partial charge < -0.3 is 5.32 Å². The number of hydrogen-bond acceptors (Lipinski definition) is 2. The molecule has 19 heavy (non-hydrogen) atoms. The maximum Gasteiger partial charge on any atom is 0.0534 e. The zero-order valence-electron chi connectivity index (χ0n) is 11.4. The summed E-state index contributed by atoms with van der Waals surface area (Å²) in [5, 5.41) is 7.87. The van der Waals surface area contributed by atoms with Crippen LogP contribution in [-0.2, 0) is 13.1 Å². The van der Waals surface area contributed by atoms with Gasteiger partial charge in [-0.05, 0) is 25.0 Å². The van der Waals surface area contributed by atoms with Gasteiger partial charge in [0.1, 0.15) is 0 Å². The minimum absolute atomic E-state index is 0.310. The van der Waals surface area contributed by atoms with E-state index < -0.39 is 0 Å². The summed E-state index contributed by atoms with van der Waals surface area (Å²) in [6.45, 7) is 6.16. The first kappa shape index (κ1) is 14.3. The van der Waals surface area contributed by atoms with Crippen LogP contribution in [0.4, 0.5) is 0 Å². The highest BCUT2D eigenvalue weighted by molar-refractivity contribution is 9.10. The molecule has 0 aliphatic rings. The maximum atomic E-state index is 4.34. The molecule has 2 rings (SSSR count). The molecule has 2 aromatic rings. The van der Waals surface area contributed by atoms with Crippen LogP contribution >= 0.6 is 15.9 Å². The van der Waals surface area contributed by atoms with E-state index in [0.29, 0.717) is 6.04 Å². The molecule has 1 aromatic carbocycles. The van der Waals surface area contributed by atoms with Gasteiger partial charge in [0, 0.05) is 35.4 Å². The standard InChI is InChI=1S/C15H20BrN3/c1-3-8-19-11-13(10-18-19)9-17-12(2)14-6-4-5-7-15(14)16/h4-7,10-12,17H,3,8-9H2,1-2H3/t12-/m0/s1. The topological polar surface area (TPSA) is 29.9 Å². The molecule has 1 N–H and O–H groups in total. The number of rotatable bonds is 6. The summed E-state index contributed by atoms with van der Waals surface area (Å²) >= 11 is 3.59. The molecule has 0 unspecified atom stereocenters. The summed E-state index contributed by atoms with van der Waals surface area (Å²) in [5.74, 6) is 0. The number of nitrogens with one attached hydrogen (secondary N) is 1. The molecular formula is C15H20BrN3. The highest BCUT2D eigenvalue weighted by Crippen LogP contribution is 2.22. The van der Waals surface area contributed by atoms with Gasteiger partial charge in [0.05, 0.1) is 6.20 Å². The fraction of sp³-hybridized carbons (Fsp3) is 0.400. The monoisotopic (exact) mass is 321 g/mol. The fourth-order valence-corrected chi connectivity index (χ4v) is 2.68. The van der Waals surface area contributed by atoms with Crippen molar-refractivity contribution < 1.29 is 0 Å². The molecule has 3 nitrogen and oxygen atoms in total. The Hall–Kier alpha value is -1.13. The van der Waals surface area contributed by atoms with E-state index in [4.69, 9.17) is 0 Å². The van der Waals surface area contributed by atoms with Crippen molar-refractivity contribution >= 4 is 15.9 Å². The van der Waals surface area contributed by atoms with Gasteiger partial charge in [-0.3, -0.25) is 4.68 Å². The molecule has 0 spiro atoms. The van der Waals surface area contributed by atoms with E-state index in [-0.39, 0.29) is 0 Å². The summed E-state index contributed by atoms with van der Waals surface area (Å²) in [5.41, 5.74) is 2.51. The molecule has 0 bridgehead atoms. The lowest BCUT2D eigenvalue weighted by atomic mass is 10.1. The Balaban J connectivity index is 1.92. The smallest absolute Gasteiger partial charge is 0.0534 e. The van der Waals surface area contributed by atoms with E-state index in [1.165, 1.54) is 11.1 Å². The second-order valence-electron chi connectivity index (χ2n) is 4.74. The molecule has 0 aliphatic carbocycles. The van der Waals surface area contributed by atoms with Crippen LogP contribution in [-0.4, -0.2) is 9.78 Å². The third-order valence-electron chi connectivity index (χ3n) is 3.12. The molecule has 1 atom stereocenters. The number of hydrogen-bond donors (Lipinski definition) is 1. The molecule has 0 aliphatic heterocycles. The van der Waals surface area contributed by atoms with Crippen LogP contribution < -0.4 is 5.32 Å². The van der Waals surface area contributed by atoms with Crippen LogP contribution in [0.25, 0.3) is 0 Å². The molecule has 1 aromatic heterocycles. The Morgan fingerprint density at radius 3 is 2.89 bits per heavy atom. The molecule has 4 heteroatoms. The quantitative estimate of drug-likeness (QED) is 0.874. The van der Waals surface area contributed by atoms with Crippen molar-refractivity contribution in [1.29, 1.82) is 0 Å². The zero-order valence-corrected chi connectivity index (χ0v) is 13.0. The predicted octanol–water partition coefficient (Wildman–Crippen LogP) is 3.91. The first-order valence-corrected chi connectivity index (χ1v) is 7.49. The number of aryl methyl sites for hydroxylation is 1. The van der Waals surface area contributed by atoms with Crippen molar-refractivity contribution in [3.8, 4) is 0 Å². The van der Waals surface area contributed by atoms with Crippen LogP contribution in [0, 0.1) is 0 Å². The summed E-state index contributed by atoms with van der Waals surface area (Å²) in [6.07, 6.45) is 5.17. The maximum absolute atomic E-state index is 4.34. The second-order valence-corrected chi connectivity index (χ2v) is 5.59. The molecule has 0 saturated carbocycles. The van der Waals surface area contributed by atoms with Crippen molar-refractivity contribution in [3.63, 3.8) is 0 Å². The zero-order chi connectivity index (χ0) is 13.7. The van der Waals surface area contributed by atoms with Crippen molar-refractivity contribution in [2.75, 3.05) is 0 Å². The molecule has 1 heterocycles. The summed E-state index contributed by atoms with van der Waals surface area (Å²) in [7, 11) is 0. The van der Waals surface area contributed by atoms with Gasteiger partial charge in [-0.25, -0.2) is 0 Å². The highest BCUT2D eigenvalue weighted by Gasteiger charge is 2.08. The summed E-state index contributed by atoms with van der Waals surface area (Å²) in [6, 6.07) is 8.63. The Bertz CT molecular complexity index is 522. The first-order valence-electron chi connectivity index (χ1n) is 6.70. The molecular weight excluding hydrogens is 302 g/mol. The average Bonchev–Trinajstić information content (AvgIpc) is 2.85. The van der Waals surface area contributed by atoms with Gasteiger partial charge in [-0.2, -0.15) is 5.10 Å². The normalized spacial score (nSPS) is 12.6. The van der Waals surface area contributed by atoms with Gasteiger partial charge >= 0.3 is 0 Å². The lowest BCUT2D eigenvalue weighted by molar-refractivity contribution is 0.570. The van der Waals surface area contributed by atoms with Crippen LogP contribution in [0.3, 0.4) is 0 Å². The predicted molar refractivity (Wildman–Crippen MR) is 81.9 cm³/mol. The minimum atomic E-state index is 0.310. The number of aromatic nitrogens is 2. The van der Waals surface area contributed by atoms with E-state index >= 15 is 0 Å². The van der Waals surface area contributed by atoms with Crippen LogP contribution in [0.15, 0.2) is 41.1 Å². The van der Waals surface area contributed by atoms with E-state index in [1.807, 2.05) is 16.9 Å². The minimum Gasteiger partial charge on any atom is -0.306 e. The Morgan fingerprint density at radius 2 is 2.16 bits per heavy atom. The Kier molecular flexibility index (Phi) is 5.16. The van der Waals surface area contributed by atoms with E-state index in [0.717, 1.165) is 24.0 Å².